The molecule has 0 bridgehead atoms. The van der Waals surface area contributed by atoms with Crippen LogP contribution in [0, 0.1) is 17.5 Å². The van der Waals surface area contributed by atoms with E-state index in [1.807, 2.05) is 0 Å². The Morgan fingerprint density at radius 2 is 1.77 bits per heavy atom. The molecule has 1 nitrogen and oxygen atoms in total. The second kappa shape index (κ2) is 3.92. The van der Waals surface area contributed by atoms with Gasteiger partial charge in [-0.05, 0) is 17.7 Å². The van der Waals surface area contributed by atoms with Crippen molar-refractivity contribution in [2.75, 3.05) is 0 Å². The molecule has 0 aliphatic heterocycles. The molecule has 0 saturated carbocycles. The van der Waals surface area contributed by atoms with Crippen molar-refractivity contribution in [3.63, 3.8) is 0 Å². The molecule has 68 valence electrons. The smallest absolute Gasteiger partial charge is 0.194 e. The van der Waals surface area contributed by atoms with Crippen LogP contribution in [0.1, 0.15) is 5.56 Å². The predicted octanol–water partition coefficient (Wildman–Crippen LogP) is 2.03. The summed E-state index contributed by atoms with van der Waals surface area (Å²) >= 11 is 0. The average molecular weight is 186 g/mol. The molecule has 0 fully saturated rings. The fourth-order valence-corrected chi connectivity index (χ4v) is 0.885. The number of carbonyl (C=O) groups excluding carboxylic acids is 1. The van der Waals surface area contributed by atoms with Gasteiger partial charge in [-0.2, -0.15) is 0 Å². The molecule has 1 rings (SSSR count). The van der Waals surface area contributed by atoms with E-state index >= 15 is 0 Å². The molecule has 0 amide bonds. The Kier molecular flexibility index (Phi) is 2.88. The minimum Gasteiger partial charge on any atom is -0.234 e. The molecular weight excluding hydrogens is 181 g/mol. The lowest BCUT2D eigenvalue weighted by Gasteiger charge is -1.98. The van der Waals surface area contributed by atoms with Gasteiger partial charge in [-0.1, -0.05) is 0 Å². The zero-order chi connectivity index (χ0) is 9.84. The van der Waals surface area contributed by atoms with Crippen LogP contribution < -0.4 is 0 Å². The standard InChI is InChI=1S/C9H5F3O/c10-7-4-6(2-1-3-13)5-8(11)9(7)12/h1,4-5H,2H2. The maximum absolute atomic E-state index is 12.5. The first-order valence-corrected chi connectivity index (χ1v) is 3.48. The van der Waals surface area contributed by atoms with E-state index in [9.17, 15) is 18.0 Å². The molecule has 0 aromatic heterocycles. The summed E-state index contributed by atoms with van der Waals surface area (Å²) in [5, 5.41) is 0. The van der Waals surface area contributed by atoms with Crippen molar-refractivity contribution in [3.8, 4) is 0 Å². The predicted molar refractivity (Wildman–Crippen MR) is 40.3 cm³/mol. The Balaban J connectivity index is 3.05. The largest absolute Gasteiger partial charge is 0.234 e. The minimum absolute atomic E-state index is 0.0393. The lowest BCUT2D eigenvalue weighted by atomic mass is 10.1. The normalized spacial score (nSPS) is 9.46. The Bertz CT molecular complexity index is 344. The van der Waals surface area contributed by atoms with Gasteiger partial charge in [0.1, 0.15) is 5.94 Å². The SMILES string of the molecule is O=C=CCc1cc(F)c(F)c(F)c1. The van der Waals surface area contributed by atoms with Crippen molar-refractivity contribution < 1.29 is 18.0 Å². The van der Waals surface area contributed by atoms with E-state index < -0.39 is 17.5 Å². The molecule has 0 radical (unpaired) electrons. The van der Waals surface area contributed by atoms with Gasteiger partial charge >= 0.3 is 0 Å². The van der Waals surface area contributed by atoms with Crippen LogP contribution in [-0.4, -0.2) is 5.94 Å². The van der Waals surface area contributed by atoms with Crippen molar-refractivity contribution in [2.45, 2.75) is 6.42 Å². The summed E-state index contributed by atoms with van der Waals surface area (Å²) in [4.78, 5) is 9.77. The van der Waals surface area contributed by atoms with Crippen molar-refractivity contribution in [1.29, 1.82) is 0 Å². The molecule has 0 aliphatic rings. The Labute approximate surface area is 72.5 Å². The minimum atomic E-state index is -1.50. The summed E-state index contributed by atoms with van der Waals surface area (Å²) in [6.45, 7) is 0. The molecule has 1 aromatic carbocycles. The fourth-order valence-electron chi connectivity index (χ4n) is 0.885. The zero-order valence-electron chi connectivity index (χ0n) is 6.48. The maximum Gasteiger partial charge on any atom is 0.194 e. The van der Waals surface area contributed by atoms with Gasteiger partial charge in [-0.3, -0.25) is 0 Å². The van der Waals surface area contributed by atoms with E-state index in [0.717, 1.165) is 18.2 Å². The maximum atomic E-state index is 12.5. The molecule has 0 unspecified atom stereocenters. The van der Waals surface area contributed by atoms with Gasteiger partial charge in [0.05, 0.1) is 0 Å². The summed E-state index contributed by atoms with van der Waals surface area (Å²) in [6, 6.07) is 1.68. The summed E-state index contributed by atoms with van der Waals surface area (Å²) in [5.74, 6) is -2.56. The Morgan fingerprint density at radius 3 is 2.23 bits per heavy atom. The topological polar surface area (TPSA) is 17.1 Å². The monoisotopic (exact) mass is 186 g/mol. The van der Waals surface area contributed by atoms with Crippen LogP contribution in [0.2, 0.25) is 0 Å². The number of allylic oxidation sites excluding steroid dienone is 1. The van der Waals surface area contributed by atoms with Crippen LogP contribution in [0.25, 0.3) is 0 Å². The summed E-state index contributed by atoms with van der Waals surface area (Å²) in [5.41, 5.74) is 0.194. The molecular formula is C9H5F3O. The van der Waals surface area contributed by atoms with Gasteiger partial charge in [0.25, 0.3) is 0 Å². The van der Waals surface area contributed by atoms with Gasteiger partial charge in [0, 0.05) is 12.5 Å². The van der Waals surface area contributed by atoms with E-state index in [4.69, 9.17) is 0 Å². The number of hydrogen-bond acceptors (Lipinski definition) is 1. The summed E-state index contributed by atoms with van der Waals surface area (Å²) in [6.07, 6.45) is 1.10. The summed E-state index contributed by atoms with van der Waals surface area (Å²) < 4.78 is 37.5. The van der Waals surface area contributed by atoms with Crippen LogP contribution in [-0.2, 0) is 11.2 Å². The van der Waals surface area contributed by atoms with Crippen molar-refractivity contribution in [1.82, 2.24) is 0 Å². The molecule has 0 aliphatic carbocycles. The number of halogens is 3. The Hall–Kier alpha value is -1.54. The molecule has 0 N–H and O–H groups in total. The summed E-state index contributed by atoms with van der Waals surface area (Å²) in [7, 11) is 0. The van der Waals surface area contributed by atoms with Crippen molar-refractivity contribution in [2.24, 2.45) is 0 Å². The first kappa shape index (κ1) is 9.55. The highest BCUT2D eigenvalue weighted by Crippen LogP contribution is 2.13. The molecule has 0 spiro atoms. The third-order valence-electron chi connectivity index (χ3n) is 1.46. The highest BCUT2D eigenvalue weighted by Gasteiger charge is 2.09. The van der Waals surface area contributed by atoms with E-state index in [1.54, 1.807) is 0 Å². The third-order valence-corrected chi connectivity index (χ3v) is 1.46. The van der Waals surface area contributed by atoms with Crippen molar-refractivity contribution in [3.05, 3.63) is 41.2 Å². The van der Waals surface area contributed by atoms with Gasteiger partial charge in [-0.15, -0.1) is 0 Å². The first-order valence-electron chi connectivity index (χ1n) is 3.48. The molecule has 0 atom stereocenters. The third kappa shape index (κ3) is 2.20. The molecule has 0 saturated heterocycles. The van der Waals surface area contributed by atoms with Gasteiger partial charge in [0.15, 0.2) is 17.5 Å². The lowest BCUT2D eigenvalue weighted by molar-refractivity contribution is 0.445. The van der Waals surface area contributed by atoms with Crippen LogP contribution in [0.4, 0.5) is 13.2 Å². The lowest BCUT2D eigenvalue weighted by Crippen LogP contribution is -1.93. The first-order chi connectivity index (χ1) is 6.15. The Morgan fingerprint density at radius 1 is 1.23 bits per heavy atom. The van der Waals surface area contributed by atoms with Gasteiger partial charge in [0.2, 0.25) is 0 Å². The fraction of sp³-hybridized carbons (Fsp3) is 0.111. The zero-order valence-corrected chi connectivity index (χ0v) is 6.48. The molecule has 4 heteroatoms. The molecule has 0 heterocycles. The van der Waals surface area contributed by atoms with E-state index in [1.165, 1.54) is 5.94 Å². The number of benzene rings is 1. The van der Waals surface area contributed by atoms with E-state index in [0.29, 0.717) is 0 Å². The molecule has 13 heavy (non-hydrogen) atoms. The van der Waals surface area contributed by atoms with Gasteiger partial charge < -0.3 is 0 Å². The number of hydrogen-bond donors (Lipinski definition) is 0. The second-order valence-electron chi connectivity index (χ2n) is 2.40. The number of rotatable bonds is 2. The van der Waals surface area contributed by atoms with Crippen molar-refractivity contribution >= 4 is 5.94 Å². The van der Waals surface area contributed by atoms with Gasteiger partial charge in [-0.25, -0.2) is 18.0 Å². The highest BCUT2D eigenvalue weighted by molar-refractivity contribution is 5.46. The molecule has 1 aromatic rings. The highest BCUT2D eigenvalue weighted by atomic mass is 19.2. The average Bonchev–Trinajstić information content (AvgIpc) is 2.10. The second-order valence-corrected chi connectivity index (χ2v) is 2.40. The van der Waals surface area contributed by atoms with E-state index in [-0.39, 0.29) is 12.0 Å². The van der Waals surface area contributed by atoms with Crippen LogP contribution in [0.5, 0.6) is 0 Å². The van der Waals surface area contributed by atoms with Crippen LogP contribution in [0.3, 0.4) is 0 Å². The van der Waals surface area contributed by atoms with Crippen LogP contribution in [0.15, 0.2) is 18.2 Å². The van der Waals surface area contributed by atoms with Crippen LogP contribution >= 0.6 is 0 Å². The quantitative estimate of drug-likeness (QED) is 0.510. The van der Waals surface area contributed by atoms with E-state index in [2.05, 4.69) is 0 Å².